The molecule has 1 saturated carbocycles. The van der Waals surface area contributed by atoms with Gasteiger partial charge >= 0.3 is 0 Å². The van der Waals surface area contributed by atoms with Crippen molar-refractivity contribution < 1.29 is 17.2 Å². The predicted octanol–water partition coefficient (Wildman–Crippen LogP) is 3.07. The largest absolute Gasteiger partial charge is 0.247 e. The maximum atomic E-state index is 13.8. The summed E-state index contributed by atoms with van der Waals surface area (Å²) in [6.45, 7) is 3.61. The van der Waals surface area contributed by atoms with Gasteiger partial charge in [-0.15, -0.1) is 6.58 Å². The van der Waals surface area contributed by atoms with E-state index in [0.29, 0.717) is 6.07 Å². The van der Waals surface area contributed by atoms with Crippen LogP contribution in [0.1, 0.15) is 12.8 Å². The standard InChI is InChI=1S/C12H12BrF2NO2S/c1-2-5-16(9-3-4-9)19(17,18)12-10(13)6-8(14)7-11(12)15/h2,6-7,9H,1,3-5H2. The Morgan fingerprint density at radius 2 is 2.05 bits per heavy atom. The molecule has 0 aliphatic heterocycles. The summed E-state index contributed by atoms with van der Waals surface area (Å²) in [5.41, 5.74) is 0. The van der Waals surface area contributed by atoms with Crippen LogP contribution in [0.15, 0.2) is 34.2 Å². The molecule has 1 fully saturated rings. The highest BCUT2D eigenvalue weighted by molar-refractivity contribution is 9.10. The van der Waals surface area contributed by atoms with Gasteiger partial charge in [0.05, 0.1) is 0 Å². The van der Waals surface area contributed by atoms with Crippen molar-refractivity contribution in [3.8, 4) is 0 Å². The highest BCUT2D eigenvalue weighted by atomic mass is 79.9. The van der Waals surface area contributed by atoms with Crippen LogP contribution < -0.4 is 0 Å². The van der Waals surface area contributed by atoms with E-state index < -0.39 is 26.6 Å². The van der Waals surface area contributed by atoms with Crippen LogP contribution in [0.2, 0.25) is 0 Å². The van der Waals surface area contributed by atoms with Crippen molar-refractivity contribution in [1.82, 2.24) is 4.31 Å². The minimum Gasteiger partial charge on any atom is -0.207 e. The van der Waals surface area contributed by atoms with Crippen molar-refractivity contribution in [2.24, 2.45) is 0 Å². The quantitative estimate of drug-likeness (QED) is 0.764. The lowest BCUT2D eigenvalue weighted by atomic mass is 10.3. The number of hydrogen-bond acceptors (Lipinski definition) is 2. The van der Waals surface area contributed by atoms with Gasteiger partial charge in [-0.25, -0.2) is 17.2 Å². The zero-order valence-electron chi connectivity index (χ0n) is 9.94. The summed E-state index contributed by atoms with van der Waals surface area (Å²) in [7, 11) is -4.00. The number of rotatable bonds is 5. The number of benzene rings is 1. The number of nitrogens with zero attached hydrogens (tertiary/aromatic N) is 1. The molecule has 1 aromatic carbocycles. The van der Waals surface area contributed by atoms with Gasteiger partial charge in [0.1, 0.15) is 16.5 Å². The Bertz CT molecular complexity index is 591. The SMILES string of the molecule is C=CCN(C1CC1)S(=O)(=O)c1c(F)cc(F)cc1Br. The maximum absolute atomic E-state index is 13.8. The van der Waals surface area contributed by atoms with Crippen LogP contribution in [0.5, 0.6) is 0 Å². The third-order valence-electron chi connectivity index (χ3n) is 2.79. The molecule has 0 N–H and O–H groups in total. The molecule has 1 aromatic rings. The molecule has 7 heteroatoms. The van der Waals surface area contributed by atoms with Gasteiger partial charge in [0.2, 0.25) is 10.0 Å². The zero-order chi connectivity index (χ0) is 14.2. The number of sulfonamides is 1. The minimum atomic E-state index is -4.00. The molecule has 0 aromatic heterocycles. The molecule has 1 aliphatic rings. The summed E-state index contributed by atoms with van der Waals surface area (Å²) in [6, 6.07) is 1.38. The van der Waals surface area contributed by atoms with E-state index in [-0.39, 0.29) is 17.1 Å². The fourth-order valence-corrected chi connectivity index (χ4v) is 4.60. The van der Waals surface area contributed by atoms with Crippen molar-refractivity contribution in [2.45, 2.75) is 23.8 Å². The molecule has 0 bridgehead atoms. The summed E-state index contributed by atoms with van der Waals surface area (Å²) in [6.07, 6.45) is 2.94. The molecule has 0 saturated heterocycles. The van der Waals surface area contributed by atoms with E-state index in [0.717, 1.165) is 18.9 Å². The lowest BCUT2D eigenvalue weighted by molar-refractivity contribution is 0.430. The third kappa shape index (κ3) is 2.88. The van der Waals surface area contributed by atoms with Crippen LogP contribution in [0, 0.1) is 11.6 Å². The molecule has 2 rings (SSSR count). The van der Waals surface area contributed by atoms with Gasteiger partial charge < -0.3 is 0 Å². The average Bonchev–Trinajstić information content (AvgIpc) is 3.07. The first-order chi connectivity index (χ1) is 8.87. The first-order valence-corrected chi connectivity index (χ1v) is 7.88. The Hall–Kier alpha value is -0.790. The third-order valence-corrected chi connectivity index (χ3v) is 5.68. The molecular weight excluding hydrogens is 340 g/mol. The zero-order valence-corrected chi connectivity index (χ0v) is 12.3. The van der Waals surface area contributed by atoms with Crippen LogP contribution in [-0.2, 0) is 10.0 Å². The second-order valence-corrected chi connectivity index (χ2v) is 6.97. The van der Waals surface area contributed by atoms with Crippen LogP contribution in [0.25, 0.3) is 0 Å². The molecule has 0 amide bonds. The fourth-order valence-electron chi connectivity index (χ4n) is 1.83. The van der Waals surface area contributed by atoms with E-state index in [2.05, 4.69) is 22.5 Å². The van der Waals surface area contributed by atoms with Gasteiger partial charge in [-0.1, -0.05) is 6.08 Å². The first kappa shape index (κ1) is 14.6. The maximum Gasteiger partial charge on any atom is 0.247 e. The minimum absolute atomic E-state index is 0.107. The van der Waals surface area contributed by atoms with Crippen molar-refractivity contribution in [3.05, 3.63) is 40.9 Å². The molecule has 0 atom stereocenters. The number of hydrogen-bond donors (Lipinski definition) is 0. The Kier molecular flexibility index (Phi) is 4.08. The number of halogens is 3. The van der Waals surface area contributed by atoms with Gasteiger partial charge in [0.25, 0.3) is 0 Å². The predicted molar refractivity (Wildman–Crippen MR) is 71.2 cm³/mol. The summed E-state index contributed by atoms with van der Waals surface area (Å²) in [5, 5.41) is 0. The second-order valence-electron chi connectivity index (χ2n) is 4.29. The van der Waals surface area contributed by atoms with E-state index in [4.69, 9.17) is 0 Å². The molecule has 0 unspecified atom stereocenters. The molecule has 104 valence electrons. The highest BCUT2D eigenvalue weighted by Crippen LogP contribution is 2.35. The fraction of sp³-hybridized carbons (Fsp3) is 0.333. The van der Waals surface area contributed by atoms with Crippen molar-refractivity contribution in [1.29, 1.82) is 0 Å². The summed E-state index contributed by atoms with van der Waals surface area (Å²) in [5.74, 6) is -1.92. The van der Waals surface area contributed by atoms with Crippen LogP contribution in [0.3, 0.4) is 0 Å². The first-order valence-electron chi connectivity index (χ1n) is 5.65. The Morgan fingerprint density at radius 3 is 2.53 bits per heavy atom. The second kappa shape index (κ2) is 5.30. The van der Waals surface area contributed by atoms with Gasteiger partial charge in [-0.2, -0.15) is 4.31 Å². The average molecular weight is 352 g/mol. The normalized spacial score (nSPS) is 15.8. The van der Waals surface area contributed by atoms with E-state index in [1.165, 1.54) is 10.4 Å². The van der Waals surface area contributed by atoms with Gasteiger partial charge in [-0.3, -0.25) is 0 Å². The van der Waals surface area contributed by atoms with Crippen LogP contribution >= 0.6 is 15.9 Å². The van der Waals surface area contributed by atoms with Crippen LogP contribution in [0.4, 0.5) is 8.78 Å². The van der Waals surface area contributed by atoms with Crippen LogP contribution in [-0.4, -0.2) is 25.3 Å². The lowest BCUT2D eigenvalue weighted by Crippen LogP contribution is -2.34. The molecule has 0 heterocycles. The van der Waals surface area contributed by atoms with Crippen molar-refractivity contribution in [3.63, 3.8) is 0 Å². The molecule has 19 heavy (non-hydrogen) atoms. The summed E-state index contributed by atoms with van der Waals surface area (Å²) < 4.78 is 52.8. The van der Waals surface area contributed by atoms with Gasteiger partial charge in [0, 0.05) is 23.1 Å². The Labute approximate surface area is 119 Å². The summed E-state index contributed by atoms with van der Waals surface area (Å²) in [4.78, 5) is -0.525. The van der Waals surface area contributed by atoms with Gasteiger partial charge in [-0.05, 0) is 34.8 Å². The molecule has 3 nitrogen and oxygen atoms in total. The smallest absolute Gasteiger partial charge is 0.207 e. The van der Waals surface area contributed by atoms with Gasteiger partial charge in [0.15, 0.2) is 0 Å². The molecular formula is C12H12BrF2NO2S. The van der Waals surface area contributed by atoms with Crippen molar-refractivity contribution >= 4 is 26.0 Å². The topological polar surface area (TPSA) is 37.4 Å². The lowest BCUT2D eigenvalue weighted by Gasteiger charge is -2.21. The highest BCUT2D eigenvalue weighted by Gasteiger charge is 2.39. The molecule has 0 spiro atoms. The van der Waals surface area contributed by atoms with Crippen molar-refractivity contribution in [2.75, 3.05) is 6.54 Å². The van der Waals surface area contributed by atoms with E-state index in [1.807, 2.05) is 0 Å². The van der Waals surface area contributed by atoms with E-state index >= 15 is 0 Å². The molecule has 0 radical (unpaired) electrons. The summed E-state index contributed by atoms with van der Waals surface area (Å²) >= 11 is 2.91. The molecule has 1 aliphatic carbocycles. The van der Waals surface area contributed by atoms with E-state index in [9.17, 15) is 17.2 Å². The Morgan fingerprint density at radius 1 is 1.42 bits per heavy atom. The monoisotopic (exact) mass is 351 g/mol. The van der Waals surface area contributed by atoms with E-state index in [1.54, 1.807) is 0 Å². The Balaban J connectivity index is 2.52.